The first-order valence-corrected chi connectivity index (χ1v) is 6.26. The van der Waals surface area contributed by atoms with Crippen molar-refractivity contribution in [2.45, 2.75) is 19.8 Å². The lowest BCUT2D eigenvalue weighted by atomic mass is 10.1. The molecule has 1 rings (SSSR count). The van der Waals surface area contributed by atoms with Gasteiger partial charge in [-0.25, -0.2) is 0 Å². The van der Waals surface area contributed by atoms with Gasteiger partial charge in [0.15, 0.2) is 0 Å². The summed E-state index contributed by atoms with van der Waals surface area (Å²) in [5, 5.41) is 9.85. The van der Waals surface area contributed by atoms with Crippen LogP contribution in [0.3, 0.4) is 0 Å². The predicted molar refractivity (Wildman–Crippen MR) is 70.8 cm³/mol. The lowest BCUT2D eigenvalue weighted by molar-refractivity contribution is -0.141. The van der Waals surface area contributed by atoms with Crippen molar-refractivity contribution in [2.24, 2.45) is 0 Å². The molecule has 0 bridgehead atoms. The molecule has 5 heteroatoms. The molecule has 0 aromatic heterocycles. The summed E-state index contributed by atoms with van der Waals surface area (Å²) >= 11 is 8.13. The smallest absolute Gasteiger partial charge is 0.302 e. The van der Waals surface area contributed by atoms with E-state index in [1.807, 2.05) is 0 Å². The number of ether oxygens (including phenoxy) is 1. The SMILES string of the molecule is CC(=O)OCCCc1c(Cl)cc(O)cc1I. The minimum Gasteiger partial charge on any atom is -0.508 e. The van der Waals surface area contributed by atoms with Crippen molar-refractivity contribution in [3.05, 3.63) is 26.3 Å². The van der Waals surface area contributed by atoms with E-state index in [1.165, 1.54) is 13.0 Å². The van der Waals surface area contributed by atoms with Crippen LogP contribution in [0.5, 0.6) is 5.75 Å². The number of halogens is 2. The summed E-state index contributed by atoms with van der Waals surface area (Å²) in [5.41, 5.74) is 0.979. The summed E-state index contributed by atoms with van der Waals surface area (Å²) in [6.07, 6.45) is 1.45. The zero-order valence-corrected chi connectivity index (χ0v) is 11.7. The van der Waals surface area contributed by atoms with E-state index in [9.17, 15) is 9.90 Å². The van der Waals surface area contributed by atoms with Gasteiger partial charge >= 0.3 is 5.97 Å². The van der Waals surface area contributed by atoms with Crippen molar-refractivity contribution in [1.82, 2.24) is 0 Å². The van der Waals surface area contributed by atoms with E-state index in [0.717, 1.165) is 22.0 Å². The molecule has 0 heterocycles. The van der Waals surface area contributed by atoms with Crippen molar-refractivity contribution < 1.29 is 14.6 Å². The third kappa shape index (κ3) is 4.17. The molecule has 0 unspecified atom stereocenters. The average Bonchev–Trinajstić information content (AvgIpc) is 2.14. The third-order valence-corrected chi connectivity index (χ3v) is 3.30. The topological polar surface area (TPSA) is 46.5 Å². The van der Waals surface area contributed by atoms with Gasteiger partial charge in [0, 0.05) is 15.5 Å². The molecule has 0 aliphatic carbocycles. The molecule has 0 atom stereocenters. The van der Waals surface area contributed by atoms with Crippen molar-refractivity contribution in [1.29, 1.82) is 0 Å². The van der Waals surface area contributed by atoms with Crippen molar-refractivity contribution in [3.63, 3.8) is 0 Å². The van der Waals surface area contributed by atoms with Crippen LogP contribution in [0.4, 0.5) is 0 Å². The van der Waals surface area contributed by atoms with E-state index in [-0.39, 0.29) is 11.7 Å². The first-order chi connectivity index (χ1) is 7.50. The van der Waals surface area contributed by atoms with Crippen LogP contribution >= 0.6 is 34.2 Å². The second-order valence-electron chi connectivity index (χ2n) is 3.33. The zero-order valence-electron chi connectivity index (χ0n) is 8.80. The molecule has 88 valence electrons. The highest BCUT2D eigenvalue weighted by atomic mass is 127. The summed E-state index contributed by atoms with van der Waals surface area (Å²) in [6.45, 7) is 1.78. The molecule has 0 saturated heterocycles. The van der Waals surface area contributed by atoms with Crippen LogP contribution in [-0.2, 0) is 16.0 Å². The fourth-order valence-corrected chi connectivity index (χ4v) is 2.64. The number of rotatable bonds is 4. The number of esters is 1. The van der Waals surface area contributed by atoms with Gasteiger partial charge in [-0.3, -0.25) is 4.79 Å². The van der Waals surface area contributed by atoms with Crippen LogP contribution in [-0.4, -0.2) is 17.7 Å². The van der Waals surface area contributed by atoms with Crippen LogP contribution in [0.1, 0.15) is 18.9 Å². The number of hydrogen-bond acceptors (Lipinski definition) is 3. The number of phenols is 1. The highest BCUT2D eigenvalue weighted by molar-refractivity contribution is 14.1. The lowest BCUT2D eigenvalue weighted by Crippen LogP contribution is -2.02. The maximum absolute atomic E-state index is 10.6. The molecule has 0 aliphatic rings. The zero-order chi connectivity index (χ0) is 12.1. The van der Waals surface area contributed by atoms with Crippen LogP contribution in [0.25, 0.3) is 0 Å². The van der Waals surface area contributed by atoms with E-state index in [0.29, 0.717) is 11.6 Å². The summed E-state index contributed by atoms with van der Waals surface area (Å²) in [4.78, 5) is 10.6. The molecule has 16 heavy (non-hydrogen) atoms. The van der Waals surface area contributed by atoms with Crippen molar-refractivity contribution in [2.75, 3.05) is 6.61 Å². The minimum atomic E-state index is -0.272. The molecule has 0 fully saturated rings. The van der Waals surface area contributed by atoms with Crippen LogP contribution in [0, 0.1) is 3.57 Å². The van der Waals surface area contributed by atoms with Gasteiger partial charge in [-0.2, -0.15) is 0 Å². The van der Waals surface area contributed by atoms with Crippen LogP contribution < -0.4 is 0 Å². The number of carbonyl (C=O) groups excluding carboxylic acids is 1. The maximum Gasteiger partial charge on any atom is 0.302 e. The highest BCUT2D eigenvalue weighted by Gasteiger charge is 2.07. The molecular weight excluding hydrogens is 342 g/mol. The first kappa shape index (κ1) is 13.6. The standard InChI is InChI=1S/C11H12ClIO3/c1-7(14)16-4-2-3-9-10(12)5-8(15)6-11(9)13/h5-6,15H,2-4H2,1H3. The molecule has 0 radical (unpaired) electrons. The van der Waals surface area contributed by atoms with E-state index in [2.05, 4.69) is 22.6 Å². The Bertz CT molecular complexity index is 370. The minimum absolute atomic E-state index is 0.165. The summed E-state index contributed by atoms with van der Waals surface area (Å²) < 4.78 is 5.75. The predicted octanol–water partition coefficient (Wildman–Crippen LogP) is 3.15. The van der Waals surface area contributed by atoms with Gasteiger partial charge in [0.05, 0.1) is 6.61 Å². The molecule has 1 N–H and O–H groups in total. The highest BCUT2D eigenvalue weighted by Crippen LogP contribution is 2.28. The number of aromatic hydroxyl groups is 1. The van der Waals surface area contributed by atoms with Crippen molar-refractivity contribution in [3.8, 4) is 5.75 Å². The Balaban J connectivity index is 2.57. The second-order valence-corrected chi connectivity index (χ2v) is 4.90. The van der Waals surface area contributed by atoms with Gasteiger partial charge in [0.2, 0.25) is 0 Å². The van der Waals surface area contributed by atoms with Crippen molar-refractivity contribution >= 4 is 40.2 Å². The summed E-state index contributed by atoms with van der Waals surface area (Å²) in [7, 11) is 0. The Kier molecular flexibility index (Phi) is 5.34. The molecular formula is C11H12ClIO3. The fraction of sp³-hybridized carbons (Fsp3) is 0.364. The molecule has 0 spiro atoms. The average molecular weight is 355 g/mol. The Hall–Kier alpha value is -0.490. The fourth-order valence-electron chi connectivity index (χ4n) is 1.29. The van der Waals surface area contributed by atoms with E-state index in [4.69, 9.17) is 16.3 Å². The first-order valence-electron chi connectivity index (χ1n) is 4.81. The summed E-state index contributed by atoms with van der Waals surface area (Å²) in [5.74, 6) is -0.107. The Morgan fingerprint density at radius 3 is 2.81 bits per heavy atom. The van der Waals surface area contributed by atoms with E-state index in [1.54, 1.807) is 6.07 Å². The van der Waals surface area contributed by atoms with Crippen LogP contribution in [0.15, 0.2) is 12.1 Å². The Labute approximate surface area is 113 Å². The van der Waals surface area contributed by atoms with Gasteiger partial charge in [0.25, 0.3) is 0 Å². The van der Waals surface area contributed by atoms with Gasteiger partial charge < -0.3 is 9.84 Å². The molecule has 0 amide bonds. The Morgan fingerprint density at radius 1 is 1.56 bits per heavy atom. The number of phenolic OH excluding ortho intramolecular Hbond substituents is 1. The largest absolute Gasteiger partial charge is 0.508 e. The number of benzene rings is 1. The van der Waals surface area contributed by atoms with Gasteiger partial charge in [-0.05, 0) is 53.1 Å². The molecule has 0 aliphatic heterocycles. The van der Waals surface area contributed by atoms with Gasteiger partial charge in [-0.15, -0.1) is 0 Å². The quantitative estimate of drug-likeness (QED) is 0.513. The van der Waals surface area contributed by atoms with E-state index < -0.39 is 0 Å². The second kappa shape index (κ2) is 6.30. The van der Waals surface area contributed by atoms with Crippen LogP contribution in [0.2, 0.25) is 5.02 Å². The van der Waals surface area contributed by atoms with Gasteiger partial charge in [-0.1, -0.05) is 11.6 Å². The maximum atomic E-state index is 10.6. The molecule has 1 aromatic rings. The number of hydrogen-bond donors (Lipinski definition) is 1. The third-order valence-electron chi connectivity index (χ3n) is 2.00. The van der Waals surface area contributed by atoms with E-state index >= 15 is 0 Å². The molecule has 3 nitrogen and oxygen atoms in total. The van der Waals surface area contributed by atoms with Gasteiger partial charge in [0.1, 0.15) is 5.75 Å². The summed E-state index contributed by atoms with van der Waals surface area (Å²) in [6, 6.07) is 3.18. The number of carbonyl (C=O) groups is 1. The molecule has 1 aromatic carbocycles. The molecule has 0 saturated carbocycles. The lowest BCUT2D eigenvalue weighted by Gasteiger charge is -2.08. The Morgan fingerprint density at radius 2 is 2.25 bits per heavy atom. The normalized spacial score (nSPS) is 10.2. The monoisotopic (exact) mass is 354 g/mol.